The van der Waals surface area contributed by atoms with E-state index in [1.807, 2.05) is 57.3 Å². The number of aliphatic hydroxyl groups excluding tert-OH is 1. The number of amidine groups is 1. The highest BCUT2D eigenvalue weighted by molar-refractivity contribution is 7.23. The number of piperidine rings is 1. The number of nitrogens with zero attached hydrogens (tertiary/aromatic N) is 6. The van der Waals surface area contributed by atoms with Crippen LogP contribution >= 0.6 is 11.3 Å². The topological polar surface area (TPSA) is 282 Å². The molecule has 7 N–H and O–H groups in total. The van der Waals surface area contributed by atoms with E-state index in [2.05, 4.69) is 47.0 Å². The summed E-state index contributed by atoms with van der Waals surface area (Å²) in [5.41, 5.74) is 9.26. The fourth-order valence-corrected chi connectivity index (χ4v) is 10.1. The van der Waals surface area contributed by atoms with Gasteiger partial charge in [0.15, 0.2) is 11.6 Å². The van der Waals surface area contributed by atoms with Crippen LogP contribution in [0.1, 0.15) is 67.2 Å². The molecular weight excluding hydrogens is 1060 g/mol. The summed E-state index contributed by atoms with van der Waals surface area (Å²) in [6, 6.07) is 16.3. The number of hydrogen-bond acceptors (Lipinski definition) is 16. The first kappa shape index (κ1) is 59.4. The van der Waals surface area contributed by atoms with Gasteiger partial charge in [-0.2, -0.15) is 4.99 Å². The molecule has 0 bridgehead atoms. The second-order valence-electron chi connectivity index (χ2n) is 20.6. The van der Waals surface area contributed by atoms with Crippen molar-refractivity contribution in [3.63, 3.8) is 0 Å². The number of thiazole rings is 1. The summed E-state index contributed by atoms with van der Waals surface area (Å²) < 4.78 is 31.7. The normalized spacial score (nSPS) is 16.5. The van der Waals surface area contributed by atoms with Crippen molar-refractivity contribution in [1.29, 1.82) is 0 Å². The molecular formula is C57H71N11O12S. The molecule has 0 saturated carbocycles. The SMILES string of the molecule is C=C1CCC(N2C(=O)c3cccc(OCC(=O)NCCCOCCOCCOCCCNC(=O)CN4CCN(CCOc5ccc6c(c5)sc5nc(-c7ccc(NC(=O)N=C(N)/C=C(\O)C(C)(C)C)cc7)cn56)CC4)c3C2=O)C(=O)N1. The molecule has 5 aromatic rings. The van der Waals surface area contributed by atoms with Crippen LogP contribution in [0.25, 0.3) is 26.4 Å². The van der Waals surface area contributed by atoms with E-state index < -0.39 is 41.1 Å². The van der Waals surface area contributed by atoms with Gasteiger partial charge in [0, 0.05) is 93.7 Å². The number of allylic oxidation sites excluding steroid dienone is 2. The van der Waals surface area contributed by atoms with Crippen molar-refractivity contribution in [2.24, 2.45) is 16.1 Å². The zero-order chi connectivity index (χ0) is 57.5. The lowest BCUT2D eigenvalue weighted by atomic mass is 9.93. The quantitative estimate of drug-likeness (QED) is 0.0131. The molecule has 2 aromatic heterocycles. The highest BCUT2D eigenvalue weighted by atomic mass is 32.1. The largest absolute Gasteiger partial charge is 0.512 e. The minimum absolute atomic E-state index is 0.00444. The number of carbonyl (C=O) groups is 6. The second-order valence-corrected chi connectivity index (χ2v) is 21.6. The summed E-state index contributed by atoms with van der Waals surface area (Å²) in [7, 11) is 0. The number of carbonyl (C=O) groups excluding carboxylic acids is 6. The molecule has 23 nitrogen and oxygen atoms in total. The Bertz CT molecular complexity index is 3140. The molecule has 8 rings (SSSR count). The maximum Gasteiger partial charge on any atom is 0.347 e. The Balaban J connectivity index is 0.604. The fourth-order valence-electron chi connectivity index (χ4n) is 9.04. The van der Waals surface area contributed by atoms with Crippen molar-refractivity contribution >= 4 is 73.6 Å². The number of amides is 7. The lowest BCUT2D eigenvalue weighted by Crippen LogP contribution is -2.51. The maximum atomic E-state index is 13.3. The number of rotatable bonds is 27. The number of imidazole rings is 1. The third-order valence-electron chi connectivity index (χ3n) is 13.5. The summed E-state index contributed by atoms with van der Waals surface area (Å²) >= 11 is 1.58. The van der Waals surface area contributed by atoms with Crippen LogP contribution < -0.4 is 36.5 Å². The van der Waals surface area contributed by atoms with Gasteiger partial charge in [0.1, 0.15) is 35.7 Å². The number of aliphatic hydroxyl groups is 1. The van der Waals surface area contributed by atoms with Crippen molar-refractivity contribution in [2.75, 3.05) is 111 Å². The first-order valence-electron chi connectivity index (χ1n) is 27.1. The van der Waals surface area contributed by atoms with Gasteiger partial charge in [-0.15, -0.1) is 0 Å². The van der Waals surface area contributed by atoms with Gasteiger partial charge < -0.3 is 55.8 Å². The van der Waals surface area contributed by atoms with Gasteiger partial charge in [-0.1, -0.05) is 56.9 Å². The average Bonchev–Trinajstić information content (AvgIpc) is 4.14. The standard InChI is InChI=1S/C57H71N11O12S/c1-37-10-16-44(52(72)61-37)68-53(73)41-8-5-9-45(51(41)54(68)74)80-36-50(71)60-19-7-26-77-29-31-78-30-28-76-25-6-18-59-49(70)35-66-22-20-65(21-23-66)24-27-79-40-15-17-43-46(32-40)81-56-63-42(34-67(43)56)38-11-13-39(14-12-38)62-55(75)64-48(58)33-47(69)57(2,3)4/h5,8-9,11-15,17,32-34,44,69H,1,6-7,10,16,18-31,35-36H2,2-4H3,(H,59,70)(H,60,71)(H,61,72)(H3,58,62,64,75)/b47-33-. The summed E-state index contributed by atoms with van der Waals surface area (Å²) in [5.74, 6) is -1.26. The Morgan fingerprint density at radius 3 is 2.23 bits per heavy atom. The van der Waals surface area contributed by atoms with E-state index in [9.17, 15) is 33.9 Å². The number of nitrogens with one attached hydrogen (secondary N) is 4. The van der Waals surface area contributed by atoms with Gasteiger partial charge >= 0.3 is 6.03 Å². The highest BCUT2D eigenvalue weighted by Gasteiger charge is 2.45. The second kappa shape index (κ2) is 28.1. The summed E-state index contributed by atoms with van der Waals surface area (Å²) in [6.45, 7) is 17.2. The van der Waals surface area contributed by atoms with Gasteiger partial charge in [-0.25, -0.2) is 9.78 Å². The van der Waals surface area contributed by atoms with Crippen LogP contribution in [0.15, 0.2) is 96.0 Å². The molecule has 0 spiro atoms. The summed E-state index contributed by atoms with van der Waals surface area (Å²) in [5, 5.41) is 21.2. The van der Waals surface area contributed by atoms with E-state index in [4.69, 9.17) is 34.4 Å². The minimum Gasteiger partial charge on any atom is -0.512 e. The number of aliphatic imine (C=N–C) groups is 1. The zero-order valence-corrected chi connectivity index (χ0v) is 46.8. The Kier molecular flexibility index (Phi) is 20.6. The third kappa shape index (κ3) is 16.4. The Morgan fingerprint density at radius 1 is 0.864 bits per heavy atom. The molecule has 3 aliphatic heterocycles. The lowest BCUT2D eigenvalue weighted by Gasteiger charge is -2.34. The molecule has 432 valence electrons. The van der Waals surface area contributed by atoms with Crippen molar-refractivity contribution in [2.45, 2.75) is 52.5 Å². The molecule has 2 fully saturated rings. The number of anilines is 1. The van der Waals surface area contributed by atoms with Crippen molar-refractivity contribution in [3.05, 3.63) is 102 Å². The first-order chi connectivity index (χ1) is 39.0. The van der Waals surface area contributed by atoms with E-state index in [-0.39, 0.29) is 47.4 Å². The van der Waals surface area contributed by atoms with Crippen LogP contribution in [-0.2, 0) is 28.6 Å². The molecule has 0 aliphatic carbocycles. The first-order valence-corrected chi connectivity index (χ1v) is 27.9. The Hall–Kier alpha value is -7.74. The Morgan fingerprint density at radius 2 is 1.54 bits per heavy atom. The molecule has 81 heavy (non-hydrogen) atoms. The number of ether oxygens (including phenoxy) is 5. The third-order valence-corrected chi connectivity index (χ3v) is 14.5. The van der Waals surface area contributed by atoms with Crippen molar-refractivity contribution < 1.29 is 57.6 Å². The molecule has 3 aliphatic rings. The number of piperazine rings is 1. The lowest BCUT2D eigenvalue weighted by molar-refractivity contribution is -0.125. The minimum atomic E-state index is -0.946. The van der Waals surface area contributed by atoms with Gasteiger partial charge in [-0.3, -0.25) is 43.1 Å². The average molecular weight is 1130 g/mol. The fraction of sp³-hybridized carbons (Fsp3) is 0.439. The van der Waals surface area contributed by atoms with E-state index in [0.717, 1.165) is 69.8 Å². The van der Waals surface area contributed by atoms with Crippen LogP contribution in [0, 0.1) is 5.41 Å². The molecule has 3 aromatic carbocycles. The zero-order valence-electron chi connectivity index (χ0n) is 46.0. The van der Waals surface area contributed by atoms with Crippen LogP contribution in [0.2, 0.25) is 0 Å². The summed E-state index contributed by atoms with van der Waals surface area (Å²) in [4.78, 5) is 91.4. The van der Waals surface area contributed by atoms with Gasteiger partial charge in [-0.05, 0) is 68.1 Å². The van der Waals surface area contributed by atoms with E-state index >= 15 is 0 Å². The number of fused-ring (bicyclic) bond motifs is 4. The molecule has 7 amide bonds. The van der Waals surface area contributed by atoms with E-state index in [0.29, 0.717) is 96.5 Å². The van der Waals surface area contributed by atoms with E-state index in [1.54, 1.807) is 29.5 Å². The number of imide groups is 1. The predicted octanol–water partition coefficient (Wildman–Crippen LogP) is 5.12. The summed E-state index contributed by atoms with van der Waals surface area (Å²) in [6.07, 6.45) is 5.24. The van der Waals surface area contributed by atoms with Crippen molar-refractivity contribution in [1.82, 2.24) is 40.0 Å². The van der Waals surface area contributed by atoms with Crippen molar-refractivity contribution in [3.8, 4) is 22.8 Å². The monoisotopic (exact) mass is 1130 g/mol. The number of nitrogens with two attached hydrogens (primary N) is 1. The van der Waals surface area contributed by atoms with Crippen LogP contribution in [0.5, 0.6) is 11.5 Å². The van der Waals surface area contributed by atoms with Gasteiger partial charge in [0.2, 0.25) is 11.8 Å². The number of urea groups is 1. The van der Waals surface area contributed by atoms with Crippen LogP contribution in [-0.4, -0.2) is 182 Å². The maximum absolute atomic E-state index is 13.3. The molecule has 1 atom stereocenters. The smallest absolute Gasteiger partial charge is 0.347 e. The molecule has 0 radical (unpaired) electrons. The van der Waals surface area contributed by atoms with Crippen LogP contribution in [0.3, 0.4) is 0 Å². The van der Waals surface area contributed by atoms with E-state index in [1.165, 1.54) is 18.2 Å². The number of benzene rings is 3. The highest BCUT2D eigenvalue weighted by Crippen LogP contribution is 2.35. The Labute approximate surface area is 473 Å². The van der Waals surface area contributed by atoms with Gasteiger partial charge in [0.25, 0.3) is 17.7 Å². The van der Waals surface area contributed by atoms with Gasteiger partial charge in [0.05, 0.1) is 60.0 Å². The predicted molar refractivity (Wildman–Crippen MR) is 306 cm³/mol. The number of aromatic nitrogens is 2. The molecule has 24 heteroatoms. The number of hydrogen-bond donors (Lipinski definition) is 6. The molecule has 1 unspecified atom stereocenters. The molecule has 5 heterocycles. The molecule has 2 saturated heterocycles. The van der Waals surface area contributed by atoms with Crippen LogP contribution in [0.4, 0.5) is 10.5 Å².